The van der Waals surface area contributed by atoms with Crippen LogP contribution >= 0.6 is 0 Å². The van der Waals surface area contributed by atoms with Crippen LogP contribution in [0.25, 0.3) is 0 Å². The fraction of sp³-hybridized carbons (Fsp3) is 0.429. The summed E-state index contributed by atoms with van der Waals surface area (Å²) in [4.78, 5) is 24.3. The number of phenolic OH excluding ortho intramolecular Hbond substituents is 2. The Morgan fingerprint density at radius 1 is 1.25 bits per heavy atom. The van der Waals surface area contributed by atoms with Crippen LogP contribution < -0.4 is 0 Å². The van der Waals surface area contributed by atoms with Crippen LogP contribution in [0.1, 0.15) is 37.0 Å². The number of carboxylic acid groups (broad SMARTS) is 1. The first-order valence-electron chi connectivity index (χ1n) is 6.37. The standard InChI is InChI=1S/C14H19NO5/c1-9(2)15(7-3-4-13(18)19)14(20)11-8-10(16)5-6-12(11)17/h5-6,8-9,16-17H,3-4,7H2,1-2H3,(H,18,19). The van der Waals surface area contributed by atoms with E-state index < -0.39 is 11.9 Å². The third kappa shape index (κ3) is 4.15. The highest BCUT2D eigenvalue weighted by Gasteiger charge is 2.21. The zero-order valence-electron chi connectivity index (χ0n) is 11.5. The van der Waals surface area contributed by atoms with Gasteiger partial charge >= 0.3 is 5.97 Å². The molecule has 0 unspecified atom stereocenters. The molecule has 110 valence electrons. The quantitative estimate of drug-likeness (QED) is 0.691. The fourth-order valence-electron chi connectivity index (χ4n) is 1.84. The van der Waals surface area contributed by atoms with Crippen LogP contribution in [0.3, 0.4) is 0 Å². The molecule has 1 aromatic carbocycles. The van der Waals surface area contributed by atoms with Crippen molar-refractivity contribution in [3.63, 3.8) is 0 Å². The van der Waals surface area contributed by atoms with Crippen molar-refractivity contribution in [1.29, 1.82) is 0 Å². The van der Waals surface area contributed by atoms with Crippen LogP contribution in [0.4, 0.5) is 0 Å². The molecule has 0 aliphatic rings. The van der Waals surface area contributed by atoms with Gasteiger partial charge in [-0.3, -0.25) is 9.59 Å². The molecule has 0 spiro atoms. The smallest absolute Gasteiger partial charge is 0.303 e. The Bertz CT molecular complexity index is 498. The number of hydrogen-bond acceptors (Lipinski definition) is 4. The summed E-state index contributed by atoms with van der Waals surface area (Å²) in [6.45, 7) is 3.88. The Balaban J connectivity index is 2.88. The largest absolute Gasteiger partial charge is 0.508 e. The predicted molar refractivity (Wildman–Crippen MR) is 72.8 cm³/mol. The van der Waals surface area contributed by atoms with Crippen molar-refractivity contribution in [2.75, 3.05) is 6.54 Å². The molecular formula is C14H19NO5. The first kappa shape index (κ1) is 15.8. The van der Waals surface area contributed by atoms with Gasteiger partial charge in [0.15, 0.2) is 0 Å². The molecule has 0 heterocycles. The highest BCUT2D eigenvalue weighted by Crippen LogP contribution is 2.24. The van der Waals surface area contributed by atoms with E-state index in [4.69, 9.17) is 5.11 Å². The second-order valence-corrected chi connectivity index (χ2v) is 4.79. The molecule has 20 heavy (non-hydrogen) atoms. The number of aliphatic carboxylic acids is 1. The molecule has 0 saturated carbocycles. The molecule has 1 amide bonds. The van der Waals surface area contributed by atoms with Crippen molar-refractivity contribution in [1.82, 2.24) is 4.90 Å². The van der Waals surface area contributed by atoms with E-state index in [0.29, 0.717) is 6.42 Å². The molecule has 6 nitrogen and oxygen atoms in total. The Morgan fingerprint density at radius 2 is 1.90 bits per heavy atom. The van der Waals surface area contributed by atoms with Crippen LogP contribution in [0.5, 0.6) is 11.5 Å². The number of hydrogen-bond donors (Lipinski definition) is 3. The second-order valence-electron chi connectivity index (χ2n) is 4.79. The molecule has 3 N–H and O–H groups in total. The number of nitrogens with zero attached hydrogens (tertiary/aromatic N) is 1. The zero-order valence-corrected chi connectivity index (χ0v) is 11.5. The van der Waals surface area contributed by atoms with Crippen molar-refractivity contribution in [3.8, 4) is 11.5 Å². The van der Waals surface area contributed by atoms with Gasteiger partial charge < -0.3 is 20.2 Å². The molecule has 0 radical (unpaired) electrons. The molecule has 1 aromatic rings. The topological polar surface area (TPSA) is 98.1 Å². The Hall–Kier alpha value is -2.24. The van der Waals surface area contributed by atoms with E-state index in [1.807, 2.05) is 0 Å². The average Bonchev–Trinajstić information content (AvgIpc) is 2.36. The monoisotopic (exact) mass is 281 g/mol. The molecule has 0 atom stereocenters. The third-order valence-electron chi connectivity index (χ3n) is 2.88. The lowest BCUT2D eigenvalue weighted by atomic mass is 10.1. The molecule has 0 aliphatic carbocycles. The summed E-state index contributed by atoms with van der Waals surface area (Å²) in [5.41, 5.74) is 0.00836. The Kier molecular flexibility index (Phi) is 5.37. The van der Waals surface area contributed by atoms with Gasteiger partial charge in [-0.1, -0.05) is 0 Å². The minimum Gasteiger partial charge on any atom is -0.508 e. The number of carbonyl (C=O) groups excluding carboxylic acids is 1. The number of phenols is 2. The van der Waals surface area contributed by atoms with Crippen LogP contribution in [-0.4, -0.2) is 44.7 Å². The Morgan fingerprint density at radius 3 is 2.45 bits per heavy atom. The van der Waals surface area contributed by atoms with E-state index in [-0.39, 0.29) is 36.1 Å². The maximum atomic E-state index is 12.3. The lowest BCUT2D eigenvalue weighted by Crippen LogP contribution is -2.38. The maximum absolute atomic E-state index is 12.3. The summed E-state index contributed by atoms with van der Waals surface area (Å²) in [6.07, 6.45) is 0.307. The third-order valence-corrected chi connectivity index (χ3v) is 2.88. The minimum absolute atomic E-state index is 0.00836. The van der Waals surface area contributed by atoms with E-state index >= 15 is 0 Å². The highest BCUT2D eigenvalue weighted by molar-refractivity contribution is 5.97. The summed E-state index contributed by atoms with van der Waals surface area (Å²) in [5.74, 6) is -1.67. The lowest BCUT2D eigenvalue weighted by Gasteiger charge is -2.27. The van der Waals surface area contributed by atoms with Crippen LogP contribution in [-0.2, 0) is 4.79 Å². The lowest BCUT2D eigenvalue weighted by molar-refractivity contribution is -0.137. The van der Waals surface area contributed by atoms with Gasteiger partial charge in [-0.2, -0.15) is 0 Å². The Labute approximate surface area is 117 Å². The van der Waals surface area contributed by atoms with Crippen LogP contribution in [0.2, 0.25) is 0 Å². The predicted octanol–water partition coefficient (Wildman–Crippen LogP) is 1.81. The van der Waals surface area contributed by atoms with E-state index in [2.05, 4.69) is 0 Å². The number of carboxylic acids is 1. The average molecular weight is 281 g/mol. The normalized spacial score (nSPS) is 10.6. The SMILES string of the molecule is CC(C)N(CCCC(=O)O)C(=O)c1cc(O)ccc1O. The molecule has 0 bridgehead atoms. The molecule has 6 heteroatoms. The summed E-state index contributed by atoms with van der Waals surface area (Å²) in [6, 6.07) is 3.59. The van der Waals surface area contributed by atoms with Gasteiger partial charge in [-0.15, -0.1) is 0 Å². The first-order valence-corrected chi connectivity index (χ1v) is 6.37. The van der Waals surface area contributed by atoms with Gasteiger partial charge in [0, 0.05) is 19.0 Å². The zero-order chi connectivity index (χ0) is 15.3. The minimum atomic E-state index is -0.915. The molecule has 0 saturated heterocycles. The number of aromatic hydroxyl groups is 2. The van der Waals surface area contributed by atoms with Crippen molar-refractivity contribution >= 4 is 11.9 Å². The van der Waals surface area contributed by atoms with Crippen molar-refractivity contribution < 1.29 is 24.9 Å². The summed E-state index contributed by atoms with van der Waals surface area (Å²) in [5, 5.41) is 27.7. The number of amides is 1. The van der Waals surface area contributed by atoms with Gasteiger partial charge in [-0.05, 0) is 38.5 Å². The molecule has 1 rings (SSSR count). The number of benzene rings is 1. The van der Waals surface area contributed by atoms with E-state index in [0.717, 1.165) is 0 Å². The maximum Gasteiger partial charge on any atom is 0.303 e. The first-order chi connectivity index (χ1) is 9.32. The molecule has 0 aliphatic heterocycles. The van der Waals surface area contributed by atoms with Gasteiger partial charge in [0.1, 0.15) is 11.5 Å². The number of carbonyl (C=O) groups is 2. The van der Waals surface area contributed by atoms with E-state index in [9.17, 15) is 19.8 Å². The van der Waals surface area contributed by atoms with Crippen molar-refractivity contribution in [2.45, 2.75) is 32.7 Å². The molecule has 0 fully saturated rings. The van der Waals surface area contributed by atoms with Gasteiger partial charge in [0.05, 0.1) is 5.56 Å². The van der Waals surface area contributed by atoms with Crippen molar-refractivity contribution in [3.05, 3.63) is 23.8 Å². The summed E-state index contributed by atoms with van der Waals surface area (Å²) >= 11 is 0. The van der Waals surface area contributed by atoms with Gasteiger partial charge in [-0.25, -0.2) is 0 Å². The molecular weight excluding hydrogens is 262 g/mol. The summed E-state index contributed by atoms with van der Waals surface area (Å²) < 4.78 is 0. The molecule has 0 aromatic heterocycles. The second kappa shape index (κ2) is 6.79. The van der Waals surface area contributed by atoms with Crippen LogP contribution in [0.15, 0.2) is 18.2 Å². The van der Waals surface area contributed by atoms with Crippen LogP contribution in [0, 0.1) is 0 Å². The number of rotatable bonds is 6. The van der Waals surface area contributed by atoms with Crippen molar-refractivity contribution in [2.24, 2.45) is 0 Å². The highest BCUT2D eigenvalue weighted by atomic mass is 16.4. The van der Waals surface area contributed by atoms with Gasteiger partial charge in [0.25, 0.3) is 5.91 Å². The fourth-order valence-corrected chi connectivity index (χ4v) is 1.84. The van der Waals surface area contributed by atoms with Gasteiger partial charge in [0.2, 0.25) is 0 Å². The summed E-state index contributed by atoms with van der Waals surface area (Å²) in [7, 11) is 0. The van der Waals surface area contributed by atoms with E-state index in [1.165, 1.54) is 23.1 Å². The van der Waals surface area contributed by atoms with E-state index in [1.54, 1.807) is 13.8 Å².